The third-order valence-electron chi connectivity index (χ3n) is 4.42. The van der Waals surface area contributed by atoms with Crippen LogP contribution in [0, 0.1) is 0 Å². The first-order valence-electron chi connectivity index (χ1n) is 9.47. The molecule has 0 saturated carbocycles. The highest BCUT2D eigenvalue weighted by atomic mass is 19.3. The van der Waals surface area contributed by atoms with Gasteiger partial charge in [0.05, 0.1) is 12.9 Å². The predicted molar refractivity (Wildman–Crippen MR) is 108 cm³/mol. The van der Waals surface area contributed by atoms with E-state index >= 15 is 0 Å². The van der Waals surface area contributed by atoms with Gasteiger partial charge in [-0.1, -0.05) is 18.2 Å². The summed E-state index contributed by atoms with van der Waals surface area (Å²) in [7, 11) is 1.69. The van der Waals surface area contributed by atoms with Crippen LogP contribution in [0.15, 0.2) is 61.2 Å². The summed E-state index contributed by atoms with van der Waals surface area (Å²) in [6, 6.07) is 12.1. The zero-order chi connectivity index (χ0) is 21.5. The van der Waals surface area contributed by atoms with Gasteiger partial charge in [-0.2, -0.15) is 8.78 Å². The van der Waals surface area contributed by atoms with Crippen molar-refractivity contribution in [1.82, 2.24) is 14.5 Å². The average Bonchev–Trinajstić information content (AvgIpc) is 3.23. The maximum absolute atomic E-state index is 12.8. The van der Waals surface area contributed by atoms with Gasteiger partial charge in [0, 0.05) is 38.1 Å². The normalized spacial score (nSPS) is 10.8. The Bertz CT molecular complexity index is 960. The molecule has 158 valence electrons. The SMILES string of the molecule is CCOc1cc(CN(C)C(=O)c2ccc(Cn3ccnc3)cc2)ccc1OC(F)F. The fourth-order valence-electron chi connectivity index (χ4n) is 3.02. The largest absolute Gasteiger partial charge is 0.490 e. The van der Waals surface area contributed by atoms with Crippen LogP contribution < -0.4 is 9.47 Å². The van der Waals surface area contributed by atoms with E-state index in [1.165, 1.54) is 6.07 Å². The molecule has 8 heteroatoms. The molecule has 0 bridgehead atoms. The van der Waals surface area contributed by atoms with Crippen molar-refractivity contribution < 1.29 is 23.0 Å². The first-order chi connectivity index (χ1) is 14.5. The van der Waals surface area contributed by atoms with E-state index in [9.17, 15) is 13.6 Å². The molecule has 30 heavy (non-hydrogen) atoms. The minimum atomic E-state index is -2.93. The molecule has 0 N–H and O–H groups in total. The van der Waals surface area contributed by atoms with E-state index in [0.29, 0.717) is 25.3 Å². The number of amides is 1. The predicted octanol–water partition coefficient (Wildman–Crippen LogP) is 4.20. The molecule has 0 fully saturated rings. The molecule has 0 saturated heterocycles. The number of nitrogens with zero attached hydrogens (tertiary/aromatic N) is 3. The summed E-state index contributed by atoms with van der Waals surface area (Å²) in [5.74, 6) is 0.0492. The zero-order valence-corrected chi connectivity index (χ0v) is 16.8. The number of imidazole rings is 1. The van der Waals surface area contributed by atoms with E-state index in [1.807, 2.05) is 22.9 Å². The standard InChI is InChI=1S/C22H23F2N3O3/c1-3-29-20-12-17(6-9-19(20)30-22(23)24)13-26(2)21(28)18-7-4-16(5-8-18)14-27-11-10-25-15-27/h4-12,15,22H,3,13-14H2,1-2H3. The molecule has 0 unspecified atom stereocenters. The van der Waals surface area contributed by atoms with Crippen molar-refractivity contribution in [1.29, 1.82) is 0 Å². The van der Waals surface area contributed by atoms with Crippen LogP contribution in [-0.2, 0) is 13.1 Å². The van der Waals surface area contributed by atoms with E-state index in [2.05, 4.69) is 9.72 Å². The van der Waals surface area contributed by atoms with Crippen molar-refractivity contribution in [3.8, 4) is 11.5 Å². The fraction of sp³-hybridized carbons (Fsp3) is 0.273. The molecule has 6 nitrogen and oxygen atoms in total. The van der Waals surface area contributed by atoms with Crippen molar-refractivity contribution >= 4 is 5.91 Å². The summed E-state index contributed by atoms with van der Waals surface area (Å²) >= 11 is 0. The number of alkyl halides is 2. The molecule has 0 spiro atoms. The number of hydrogen-bond acceptors (Lipinski definition) is 4. The summed E-state index contributed by atoms with van der Waals surface area (Å²) in [6.07, 6.45) is 5.33. The average molecular weight is 415 g/mol. The number of carbonyl (C=O) groups is 1. The minimum absolute atomic E-state index is 0.0296. The molecular formula is C22H23F2N3O3. The molecule has 0 aliphatic rings. The van der Waals surface area contributed by atoms with Gasteiger partial charge in [0.1, 0.15) is 0 Å². The summed E-state index contributed by atoms with van der Waals surface area (Å²) in [5, 5.41) is 0. The second-order valence-electron chi connectivity index (χ2n) is 6.69. The summed E-state index contributed by atoms with van der Waals surface area (Å²) in [4.78, 5) is 18.3. The van der Waals surface area contributed by atoms with Crippen LogP contribution in [0.5, 0.6) is 11.5 Å². The Morgan fingerprint density at radius 3 is 2.50 bits per heavy atom. The fourth-order valence-corrected chi connectivity index (χ4v) is 3.02. The lowest BCUT2D eigenvalue weighted by Gasteiger charge is -2.19. The number of rotatable bonds is 9. The van der Waals surface area contributed by atoms with Gasteiger partial charge < -0.3 is 18.9 Å². The lowest BCUT2D eigenvalue weighted by atomic mass is 10.1. The highest BCUT2D eigenvalue weighted by molar-refractivity contribution is 5.94. The van der Waals surface area contributed by atoms with Crippen LogP contribution in [0.4, 0.5) is 8.78 Å². The molecular weight excluding hydrogens is 392 g/mol. The van der Waals surface area contributed by atoms with E-state index in [4.69, 9.17) is 4.74 Å². The van der Waals surface area contributed by atoms with Crippen molar-refractivity contribution in [2.24, 2.45) is 0 Å². The van der Waals surface area contributed by atoms with Crippen molar-refractivity contribution in [3.05, 3.63) is 77.9 Å². The Kier molecular flexibility index (Phi) is 7.00. The molecule has 0 aliphatic carbocycles. The third kappa shape index (κ3) is 5.56. The smallest absolute Gasteiger partial charge is 0.387 e. The minimum Gasteiger partial charge on any atom is -0.490 e. The topological polar surface area (TPSA) is 56.6 Å². The molecule has 1 amide bonds. The zero-order valence-electron chi connectivity index (χ0n) is 16.8. The number of halogens is 2. The quantitative estimate of drug-likeness (QED) is 0.526. The molecule has 1 heterocycles. The molecule has 3 rings (SSSR count). The van der Waals surface area contributed by atoms with E-state index in [1.54, 1.807) is 55.7 Å². The number of aromatic nitrogens is 2. The number of benzene rings is 2. The van der Waals surface area contributed by atoms with E-state index in [-0.39, 0.29) is 17.4 Å². The Hall–Kier alpha value is -3.42. The molecule has 3 aromatic rings. The van der Waals surface area contributed by atoms with Crippen LogP contribution in [0.3, 0.4) is 0 Å². The molecule has 0 radical (unpaired) electrons. The Morgan fingerprint density at radius 1 is 1.13 bits per heavy atom. The van der Waals surface area contributed by atoms with Gasteiger partial charge in [0.25, 0.3) is 5.91 Å². The van der Waals surface area contributed by atoms with Gasteiger partial charge in [0.15, 0.2) is 11.5 Å². The van der Waals surface area contributed by atoms with Crippen LogP contribution >= 0.6 is 0 Å². The van der Waals surface area contributed by atoms with E-state index in [0.717, 1.165) is 11.1 Å². The second kappa shape index (κ2) is 9.87. The lowest BCUT2D eigenvalue weighted by molar-refractivity contribution is -0.0514. The highest BCUT2D eigenvalue weighted by Crippen LogP contribution is 2.30. The van der Waals surface area contributed by atoms with E-state index < -0.39 is 6.61 Å². The van der Waals surface area contributed by atoms with Crippen molar-refractivity contribution in [2.45, 2.75) is 26.6 Å². The molecule has 0 atom stereocenters. The van der Waals surface area contributed by atoms with Crippen LogP contribution in [0.1, 0.15) is 28.4 Å². The molecule has 2 aromatic carbocycles. The van der Waals surface area contributed by atoms with Gasteiger partial charge in [-0.15, -0.1) is 0 Å². The number of ether oxygens (including phenoxy) is 2. The summed E-state index contributed by atoms with van der Waals surface area (Å²) < 4.78 is 36.9. The van der Waals surface area contributed by atoms with Gasteiger partial charge in [-0.3, -0.25) is 4.79 Å². The van der Waals surface area contributed by atoms with Gasteiger partial charge in [-0.25, -0.2) is 4.98 Å². The lowest BCUT2D eigenvalue weighted by Crippen LogP contribution is -2.26. The maximum atomic E-state index is 12.8. The molecule has 1 aromatic heterocycles. The van der Waals surface area contributed by atoms with Crippen LogP contribution in [0.2, 0.25) is 0 Å². The monoisotopic (exact) mass is 415 g/mol. The van der Waals surface area contributed by atoms with Crippen LogP contribution in [0.25, 0.3) is 0 Å². The first kappa shape index (κ1) is 21.3. The maximum Gasteiger partial charge on any atom is 0.387 e. The second-order valence-corrected chi connectivity index (χ2v) is 6.69. The highest BCUT2D eigenvalue weighted by Gasteiger charge is 2.15. The summed E-state index contributed by atoms with van der Waals surface area (Å²) in [5.41, 5.74) is 2.37. The molecule has 0 aliphatic heterocycles. The Morgan fingerprint density at radius 2 is 1.87 bits per heavy atom. The number of carbonyl (C=O) groups excluding carboxylic acids is 1. The van der Waals surface area contributed by atoms with Gasteiger partial charge >= 0.3 is 6.61 Å². The van der Waals surface area contributed by atoms with Crippen molar-refractivity contribution in [2.75, 3.05) is 13.7 Å². The summed E-state index contributed by atoms with van der Waals surface area (Å²) in [6.45, 7) is 0.104. The Balaban J connectivity index is 1.66. The van der Waals surface area contributed by atoms with Gasteiger partial charge in [0.2, 0.25) is 0 Å². The van der Waals surface area contributed by atoms with Crippen LogP contribution in [-0.4, -0.2) is 40.6 Å². The number of hydrogen-bond donors (Lipinski definition) is 0. The first-order valence-corrected chi connectivity index (χ1v) is 9.47. The van der Waals surface area contributed by atoms with Gasteiger partial charge in [-0.05, 0) is 42.3 Å². The van der Waals surface area contributed by atoms with Crippen molar-refractivity contribution in [3.63, 3.8) is 0 Å². The Labute approximate surface area is 173 Å². The third-order valence-corrected chi connectivity index (χ3v) is 4.42.